The average Bonchev–Trinajstić information content (AvgIpc) is 1.87. The molecule has 0 aliphatic heterocycles. The van der Waals surface area contributed by atoms with Gasteiger partial charge in [-0.15, -0.1) is 0 Å². The van der Waals surface area contributed by atoms with Crippen molar-refractivity contribution in [3.8, 4) is 0 Å². The quantitative estimate of drug-likeness (QED) is 0.502. The van der Waals surface area contributed by atoms with Crippen molar-refractivity contribution in [2.45, 2.75) is 26.2 Å². The second-order valence-electron chi connectivity index (χ2n) is 2.34. The first-order valence-electron chi connectivity index (χ1n) is 3.88. The Morgan fingerprint density at radius 1 is 1.55 bits per heavy atom. The normalized spacial score (nSPS) is 16.3. The molecule has 0 amide bonds. The molecule has 0 bridgehead atoms. The first kappa shape index (κ1) is 11.2. The molecule has 3 nitrogen and oxygen atoms in total. The predicted molar refractivity (Wildman–Crippen MR) is 45.5 cm³/mol. The number of hydrogen-bond acceptors (Lipinski definition) is 2. The highest BCUT2D eigenvalue weighted by molar-refractivity contribution is 7.52. The van der Waals surface area contributed by atoms with Crippen molar-refractivity contribution in [3.63, 3.8) is 0 Å². The summed E-state index contributed by atoms with van der Waals surface area (Å²) >= 11 is 0. The van der Waals surface area contributed by atoms with Crippen LogP contribution in [0.1, 0.15) is 26.2 Å². The van der Waals surface area contributed by atoms with Gasteiger partial charge in [0.2, 0.25) is 0 Å². The fourth-order valence-corrected chi connectivity index (χ4v) is 1.91. The molecule has 11 heavy (non-hydrogen) atoms. The van der Waals surface area contributed by atoms with Crippen LogP contribution in [-0.2, 0) is 9.09 Å². The highest BCUT2D eigenvalue weighted by Gasteiger charge is 2.16. The second kappa shape index (κ2) is 5.76. The third kappa shape index (κ3) is 6.54. The van der Waals surface area contributed by atoms with Gasteiger partial charge in [0.1, 0.15) is 0 Å². The Balaban J connectivity index is 3.47. The van der Waals surface area contributed by atoms with E-state index in [9.17, 15) is 4.57 Å². The summed E-state index contributed by atoms with van der Waals surface area (Å²) in [4.78, 5) is 9.05. The SMILES string of the molecule is [CH2]CCCCP(=O)(O)OCC. The summed E-state index contributed by atoms with van der Waals surface area (Å²) in [6.45, 7) is 5.66. The van der Waals surface area contributed by atoms with Gasteiger partial charge in [-0.2, -0.15) is 0 Å². The zero-order valence-corrected chi connectivity index (χ0v) is 7.85. The molecule has 0 spiro atoms. The van der Waals surface area contributed by atoms with Crippen molar-refractivity contribution < 1.29 is 14.0 Å². The van der Waals surface area contributed by atoms with E-state index in [4.69, 9.17) is 4.89 Å². The Bertz CT molecular complexity index is 136. The lowest BCUT2D eigenvalue weighted by atomic mass is 10.3. The van der Waals surface area contributed by atoms with Crippen LogP contribution in [0.15, 0.2) is 0 Å². The predicted octanol–water partition coefficient (Wildman–Crippen LogP) is 2.21. The van der Waals surface area contributed by atoms with Crippen molar-refractivity contribution >= 4 is 7.60 Å². The maximum Gasteiger partial charge on any atom is 0.328 e. The summed E-state index contributed by atoms with van der Waals surface area (Å²) in [6, 6.07) is 0. The van der Waals surface area contributed by atoms with Gasteiger partial charge in [-0.3, -0.25) is 4.57 Å². The standard InChI is InChI=1S/C7H16O3P/c1-3-5-6-7-11(8,9)10-4-2/h1,3-7H2,2H3,(H,8,9). The van der Waals surface area contributed by atoms with E-state index in [1.165, 1.54) is 0 Å². The molecule has 0 aliphatic carbocycles. The van der Waals surface area contributed by atoms with E-state index < -0.39 is 7.60 Å². The van der Waals surface area contributed by atoms with Crippen molar-refractivity contribution in [1.29, 1.82) is 0 Å². The van der Waals surface area contributed by atoms with Crippen molar-refractivity contribution in [3.05, 3.63) is 6.92 Å². The van der Waals surface area contributed by atoms with Crippen LogP contribution in [0.25, 0.3) is 0 Å². The summed E-state index contributed by atoms with van der Waals surface area (Å²) in [7, 11) is -3.25. The molecule has 4 heteroatoms. The average molecular weight is 179 g/mol. The lowest BCUT2D eigenvalue weighted by Crippen LogP contribution is -1.94. The van der Waals surface area contributed by atoms with Crippen LogP contribution in [0, 0.1) is 6.92 Å². The summed E-state index contributed by atoms with van der Waals surface area (Å²) < 4.78 is 15.7. The van der Waals surface area contributed by atoms with Crippen LogP contribution in [0.2, 0.25) is 0 Å². The van der Waals surface area contributed by atoms with Crippen molar-refractivity contribution in [2.24, 2.45) is 0 Å². The molecule has 1 radical (unpaired) electrons. The van der Waals surface area contributed by atoms with Gasteiger partial charge in [-0.05, 0) is 13.3 Å². The zero-order chi connectivity index (χ0) is 8.74. The molecule has 0 aromatic rings. The van der Waals surface area contributed by atoms with Crippen molar-refractivity contribution in [2.75, 3.05) is 12.8 Å². The minimum Gasteiger partial charge on any atom is -0.324 e. The summed E-state index contributed by atoms with van der Waals surface area (Å²) in [5.41, 5.74) is 0. The summed E-state index contributed by atoms with van der Waals surface area (Å²) in [5, 5.41) is 0. The Morgan fingerprint density at radius 2 is 2.18 bits per heavy atom. The Morgan fingerprint density at radius 3 is 2.64 bits per heavy atom. The lowest BCUT2D eigenvalue weighted by Gasteiger charge is -2.09. The van der Waals surface area contributed by atoms with E-state index in [1.807, 2.05) is 0 Å². The molecule has 1 N–H and O–H groups in total. The van der Waals surface area contributed by atoms with Crippen LogP contribution in [0.3, 0.4) is 0 Å². The monoisotopic (exact) mass is 179 g/mol. The molecule has 0 heterocycles. The number of unbranched alkanes of at least 4 members (excludes halogenated alkanes) is 2. The minimum absolute atomic E-state index is 0.260. The molecule has 67 valence electrons. The number of hydrogen-bond donors (Lipinski definition) is 1. The van der Waals surface area contributed by atoms with Gasteiger partial charge in [-0.25, -0.2) is 0 Å². The Hall–Kier alpha value is 0.150. The maximum atomic E-state index is 11.0. The Labute approximate surface area is 68.3 Å². The second-order valence-corrected chi connectivity index (χ2v) is 4.32. The van der Waals surface area contributed by atoms with Crippen LogP contribution >= 0.6 is 7.60 Å². The third-order valence-electron chi connectivity index (χ3n) is 1.27. The molecule has 0 aliphatic rings. The van der Waals surface area contributed by atoms with E-state index in [0.29, 0.717) is 6.61 Å². The van der Waals surface area contributed by atoms with Gasteiger partial charge in [0.25, 0.3) is 0 Å². The molecule has 0 saturated heterocycles. The van der Waals surface area contributed by atoms with E-state index in [-0.39, 0.29) is 6.16 Å². The molecule has 0 saturated carbocycles. The highest BCUT2D eigenvalue weighted by atomic mass is 31.2. The van der Waals surface area contributed by atoms with Crippen LogP contribution in [0.5, 0.6) is 0 Å². The molecular weight excluding hydrogens is 163 g/mol. The molecule has 0 aromatic heterocycles. The molecule has 1 atom stereocenters. The van der Waals surface area contributed by atoms with E-state index >= 15 is 0 Å². The fourth-order valence-electron chi connectivity index (χ4n) is 0.755. The minimum atomic E-state index is -3.25. The van der Waals surface area contributed by atoms with Gasteiger partial charge in [0, 0.05) is 6.16 Å². The lowest BCUT2D eigenvalue weighted by molar-refractivity contribution is 0.273. The summed E-state index contributed by atoms with van der Waals surface area (Å²) in [6.07, 6.45) is 2.68. The third-order valence-corrected chi connectivity index (χ3v) is 2.81. The van der Waals surface area contributed by atoms with E-state index in [1.54, 1.807) is 6.92 Å². The highest BCUT2D eigenvalue weighted by Crippen LogP contribution is 2.42. The van der Waals surface area contributed by atoms with E-state index in [2.05, 4.69) is 11.4 Å². The topological polar surface area (TPSA) is 46.5 Å². The van der Waals surface area contributed by atoms with Crippen molar-refractivity contribution in [1.82, 2.24) is 0 Å². The van der Waals surface area contributed by atoms with Crippen LogP contribution < -0.4 is 0 Å². The molecule has 1 unspecified atom stereocenters. The van der Waals surface area contributed by atoms with Gasteiger partial charge >= 0.3 is 7.60 Å². The van der Waals surface area contributed by atoms with Gasteiger partial charge in [-0.1, -0.05) is 19.8 Å². The zero-order valence-electron chi connectivity index (χ0n) is 6.95. The van der Waals surface area contributed by atoms with Crippen LogP contribution in [0.4, 0.5) is 0 Å². The fraction of sp³-hybridized carbons (Fsp3) is 0.857. The first-order valence-corrected chi connectivity index (χ1v) is 5.64. The largest absolute Gasteiger partial charge is 0.328 e. The number of rotatable bonds is 6. The van der Waals surface area contributed by atoms with E-state index in [0.717, 1.165) is 19.3 Å². The maximum absolute atomic E-state index is 11.0. The molecular formula is C7H16O3P. The summed E-state index contributed by atoms with van der Waals surface area (Å²) in [5.74, 6) is 0. The molecule has 0 fully saturated rings. The molecule has 0 rings (SSSR count). The van der Waals surface area contributed by atoms with Gasteiger partial charge < -0.3 is 9.42 Å². The molecule has 0 aromatic carbocycles. The van der Waals surface area contributed by atoms with Gasteiger partial charge in [0.05, 0.1) is 6.61 Å². The van der Waals surface area contributed by atoms with Crippen LogP contribution in [-0.4, -0.2) is 17.7 Å². The first-order chi connectivity index (χ1) is 5.12. The smallest absolute Gasteiger partial charge is 0.324 e. The van der Waals surface area contributed by atoms with Gasteiger partial charge in [0.15, 0.2) is 0 Å². The Kier molecular flexibility index (Phi) is 5.83.